The van der Waals surface area contributed by atoms with Crippen LogP contribution >= 0.6 is 0 Å². The van der Waals surface area contributed by atoms with Crippen LogP contribution in [-0.2, 0) is 0 Å². The first-order valence-corrected chi connectivity index (χ1v) is 5.86. The maximum Gasteiger partial charge on any atom is 0.234 e. The largest absolute Gasteiger partial charge is 0.494 e. The molecule has 1 aromatic carbocycles. The lowest BCUT2D eigenvalue weighted by Gasteiger charge is -2.03. The average Bonchev–Trinajstić information content (AvgIpc) is 2.85. The number of nitrogens with zero attached hydrogens (tertiary/aromatic N) is 3. The monoisotopic (exact) mass is 271 g/mol. The van der Waals surface area contributed by atoms with E-state index in [9.17, 15) is 9.18 Å². The molecule has 0 aliphatic rings. The molecular weight excluding hydrogens is 261 g/mol. The Balaban J connectivity index is 2.23. The summed E-state index contributed by atoms with van der Waals surface area (Å²) in [5.74, 6) is 0.0241. The Morgan fingerprint density at radius 1 is 1.40 bits per heavy atom. The van der Waals surface area contributed by atoms with Crippen molar-refractivity contribution in [1.82, 2.24) is 14.4 Å². The van der Waals surface area contributed by atoms with Gasteiger partial charge in [-0.3, -0.25) is 9.20 Å². The maximum atomic E-state index is 13.8. The predicted molar refractivity (Wildman–Crippen MR) is 70.3 cm³/mol. The highest BCUT2D eigenvalue weighted by molar-refractivity contribution is 5.85. The summed E-state index contributed by atoms with van der Waals surface area (Å²) >= 11 is 0. The van der Waals surface area contributed by atoms with Gasteiger partial charge in [0.2, 0.25) is 5.78 Å². The van der Waals surface area contributed by atoms with Gasteiger partial charge in [0.15, 0.2) is 17.9 Å². The molecule has 3 rings (SSSR count). The van der Waals surface area contributed by atoms with Crippen LogP contribution in [0.5, 0.6) is 5.75 Å². The van der Waals surface area contributed by atoms with Crippen LogP contribution in [0.4, 0.5) is 4.39 Å². The van der Waals surface area contributed by atoms with E-state index in [2.05, 4.69) is 9.97 Å². The van der Waals surface area contributed by atoms with Gasteiger partial charge >= 0.3 is 0 Å². The minimum Gasteiger partial charge on any atom is -0.494 e. The van der Waals surface area contributed by atoms with E-state index in [1.165, 1.54) is 19.2 Å². The van der Waals surface area contributed by atoms with Gasteiger partial charge in [0.05, 0.1) is 7.11 Å². The van der Waals surface area contributed by atoms with Crippen LogP contribution in [0, 0.1) is 5.82 Å². The quantitative estimate of drug-likeness (QED) is 0.686. The average molecular weight is 271 g/mol. The molecule has 2 heterocycles. The van der Waals surface area contributed by atoms with Crippen molar-refractivity contribution in [2.45, 2.75) is 0 Å². The number of aromatic nitrogens is 3. The van der Waals surface area contributed by atoms with Crippen LogP contribution in [0.15, 0.2) is 36.7 Å². The van der Waals surface area contributed by atoms with Gasteiger partial charge in [-0.05, 0) is 24.3 Å². The summed E-state index contributed by atoms with van der Waals surface area (Å²) in [4.78, 5) is 19.6. The van der Waals surface area contributed by atoms with Crippen LogP contribution in [0.25, 0.3) is 17.0 Å². The van der Waals surface area contributed by atoms with Crippen LogP contribution in [-0.4, -0.2) is 27.8 Å². The van der Waals surface area contributed by atoms with Gasteiger partial charge in [0.25, 0.3) is 0 Å². The molecule has 3 aromatic rings. The van der Waals surface area contributed by atoms with Crippen molar-refractivity contribution >= 4 is 12.1 Å². The third kappa shape index (κ3) is 1.82. The molecule has 0 aliphatic carbocycles. The van der Waals surface area contributed by atoms with Gasteiger partial charge in [-0.2, -0.15) is 0 Å². The summed E-state index contributed by atoms with van der Waals surface area (Å²) in [7, 11) is 1.39. The van der Waals surface area contributed by atoms with Crippen LogP contribution in [0.3, 0.4) is 0 Å². The van der Waals surface area contributed by atoms with Gasteiger partial charge in [0.1, 0.15) is 11.4 Å². The number of benzene rings is 1. The van der Waals surface area contributed by atoms with E-state index in [0.29, 0.717) is 29.0 Å². The molecule has 5 nitrogen and oxygen atoms in total. The number of aldehydes is 1. The van der Waals surface area contributed by atoms with Crippen LogP contribution < -0.4 is 4.74 Å². The Kier molecular flexibility index (Phi) is 2.90. The lowest BCUT2D eigenvalue weighted by Crippen LogP contribution is -1.93. The summed E-state index contributed by atoms with van der Waals surface area (Å²) in [6.45, 7) is 0. The first-order valence-electron chi connectivity index (χ1n) is 5.86. The molecule has 0 amide bonds. The number of rotatable bonds is 3. The zero-order valence-corrected chi connectivity index (χ0v) is 10.6. The molecule has 0 aliphatic heterocycles. The van der Waals surface area contributed by atoms with E-state index in [0.717, 1.165) is 0 Å². The fourth-order valence-electron chi connectivity index (χ4n) is 2.04. The summed E-state index contributed by atoms with van der Waals surface area (Å²) in [5.41, 5.74) is 1.22. The van der Waals surface area contributed by atoms with Gasteiger partial charge < -0.3 is 4.74 Å². The van der Waals surface area contributed by atoms with Crippen molar-refractivity contribution in [2.75, 3.05) is 7.11 Å². The summed E-state index contributed by atoms with van der Waals surface area (Å²) in [5, 5.41) is 0. The zero-order chi connectivity index (χ0) is 14.1. The standard InChI is InChI=1S/C14H10FN3O2/c1-20-12-4-3-9(7-10(12)15)13-11(8-19)18-6-2-5-16-14(18)17-13/h2-8H,1H3. The molecule has 2 aromatic heterocycles. The molecule has 100 valence electrons. The molecule has 0 bridgehead atoms. The second-order valence-electron chi connectivity index (χ2n) is 4.10. The van der Waals surface area contributed by atoms with Crippen molar-refractivity contribution in [2.24, 2.45) is 0 Å². The summed E-state index contributed by atoms with van der Waals surface area (Å²) in [6, 6.07) is 6.13. The van der Waals surface area contributed by atoms with Crippen molar-refractivity contribution in [1.29, 1.82) is 0 Å². The minimum absolute atomic E-state index is 0.142. The third-order valence-electron chi connectivity index (χ3n) is 2.98. The highest BCUT2D eigenvalue weighted by Crippen LogP contribution is 2.27. The van der Waals surface area contributed by atoms with E-state index >= 15 is 0 Å². The van der Waals surface area contributed by atoms with Crippen LogP contribution in [0.1, 0.15) is 10.5 Å². The number of carbonyl (C=O) groups excluding carboxylic acids is 1. The SMILES string of the molecule is COc1ccc(-c2nc3ncccn3c2C=O)cc1F. The highest BCUT2D eigenvalue weighted by atomic mass is 19.1. The Bertz CT molecular complexity index is 798. The van der Waals surface area contributed by atoms with Gasteiger partial charge in [-0.1, -0.05) is 0 Å². The smallest absolute Gasteiger partial charge is 0.234 e. The maximum absolute atomic E-state index is 13.8. The number of imidazole rings is 1. The Morgan fingerprint density at radius 3 is 2.95 bits per heavy atom. The minimum atomic E-state index is -0.508. The van der Waals surface area contributed by atoms with Gasteiger partial charge in [-0.25, -0.2) is 14.4 Å². The molecular formula is C14H10FN3O2. The number of ether oxygens (including phenoxy) is 1. The first kappa shape index (κ1) is 12.3. The first-order chi connectivity index (χ1) is 9.74. The Labute approximate surface area is 113 Å². The molecule has 20 heavy (non-hydrogen) atoms. The van der Waals surface area contributed by atoms with Gasteiger partial charge in [0, 0.05) is 18.0 Å². The normalized spacial score (nSPS) is 10.7. The number of hydrogen-bond donors (Lipinski definition) is 0. The molecule has 0 saturated carbocycles. The molecule has 0 atom stereocenters. The van der Waals surface area contributed by atoms with E-state index in [1.807, 2.05) is 0 Å². The zero-order valence-electron chi connectivity index (χ0n) is 10.6. The molecule has 0 N–H and O–H groups in total. The van der Waals surface area contributed by atoms with E-state index in [4.69, 9.17) is 4.74 Å². The number of methoxy groups -OCH3 is 1. The fourth-order valence-corrected chi connectivity index (χ4v) is 2.04. The van der Waals surface area contributed by atoms with E-state index in [1.54, 1.807) is 28.9 Å². The lowest BCUT2D eigenvalue weighted by molar-refractivity contribution is 0.111. The van der Waals surface area contributed by atoms with E-state index < -0.39 is 5.82 Å². The Hall–Kier alpha value is -2.76. The highest BCUT2D eigenvalue weighted by Gasteiger charge is 2.15. The van der Waals surface area contributed by atoms with Gasteiger partial charge in [-0.15, -0.1) is 0 Å². The van der Waals surface area contributed by atoms with Crippen molar-refractivity contribution in [3.63, 3.8) is 0 Å². The number of hydrogen-bond acceptors (Lipinski definition) is 4. The number of halogens is 1. The van der Waals surface area contributed by atoms with Crippen molar-refractivity contribution in [3.05, 3.63) is 48.2 Å². The second-order valence-corrected chi connectivity index (χ2v) is 4.10. The predicted octanol–water partition coefficient (Wildman–Crippen LogP) is 2.36. The van der Waals surface area contributed by atoms with E-state index in [-0.39, 0.29) is 5.75 Å². The Morgan fingerprint density at radius 2 is 2.25 bits per heavy atom. The molecule has 6 heteroatoms. The summed E-state index contributed by atoms with van der Waals surface area (Å²) < 4.78 is 20.2. The van der Waals surface area contributed by atoms with Crippen molar-refractivity contribution in [3.8, 4) is 17.0 Å². The summed E-state index contributed by atoms with van der Waals surface area (Å²) in [6.07, 6.45) is 3.94. The third-order valence-corrected chi connectivity index (χ3v) is 2.98. The molecule has 0 radical (unpaired) electrons. The molecule has 0 fully saturated rings. The van der Waals surface area contributed by atoms with Crippen LogP contribution in [0.2, 0.25) is 0 Å². The van der Waals surface area contributed by atoms with Crippen molar-refractivity contribution < 1.29 is 13.9 Å². The number of carbonyl (C=O) groups is 1. The molecule has 0 spiro atoms. The topological polar surface area (TPSA) is 56.5 Å². The fraction of sp³-hybridized carbons (Fsp3) is 0.0714. The second kappa shape index (κ2) is 4.73. The molecule has 0 saturated heterocycles. The number of fused-ring (bicyclic) bond motifs is 1. The lowest BCUT2D eigenvalue weighted by atomic mass is 10.1. The molecule has 0 unspecified atom stereocenters.